The maximum Gasteiger partial charge on any atom is 0.256 e. The van der Waals surface area contributed by atoms with E-state index >= 15 is 0 Å². The summed E-state index contributed by atoms with van der Waals surface area (Å²) in [6.45, 7) is 2.32. The Kier molecular flexibility index (Phi) is 5.84. The van der Waals surface area contributed by atoms with Gasteiger partial charge < -0.3 is 15.2 Å². The second kappa shape index (κ2) is 8.71. The van der Waals surface area contributed by atoms with Crippen LogP contribution >= 0.6 is 0 Å². The summed E-state index contributed by atoms with van der Waals surface area (Å²) in [6.07, 6.45) is 3.25. The van der Waals surface area contributed by atoms with Crippen LogP contribution in [0.4, 0.5) is 4.39 Å². The summed E-state index contributed by atoms with van der Waals surface area (Å²) < 4.78 is 18.9. The fourth-order valence-electron chi connectivity index (χ4n) is 4.21. The van der Waals surface area contributed by atoms with Gasteiger partial charge in [0.2, 0.25) is 0 Å². The van der Waals surface area contributed by atoms with Gasteiger partial charge in [-0.3, -0.25) is 9.59 Å². The lowest BCUT2D eigenvalue weighted by atomic mass is 9.61. The number of halogens is 1. The van der Waals surface area contributed by atoms with Crippen LogP contribution in [0.3, 0.4) is 0 Å². The number of nitrogens with zero attached hydrogens (tertiary/aromatic N) is 1. The molecule has 0 bridgehead atoms. The Balaban J connectivity index is 1.45. The number of aryl methyl sites for hydroxylation is 1. The lowest BCUT2D eigenvalue weighted by molar-refractivity contribution is 0.0820. The molecule has 3 aromatic rings. The molecule has 0 unspecified atom stereocenters. The predicted octanol–water partition coefficient (Wildman–Crippen LogP) is 3.64. The van der Waals surface area contributed by atoms with Crippen LogP contribution in [0.2, 0.25) is 0 Å². The van der Waals surface area contributed by atoms with Gasteiger partial charge in [-0.2, -0.15) is 0 Å². The van der Waals surface area contributed by atoms with Gasteiger partial charge in [0.1, 0.15) is 17.6 Å². The number of hydrogen-bond donors (Lipinski definition) is 2. The van der Waals surface area contributed by atoms with Gasteiger partial charge in [0, 0.05) is 18.0 Å². The van der Waals surface area contributed by atoms with Gasteiger partial charge >= 0.3 is 0 Å². The third-order valence-electron chi connectivity index (χ3n) is 5.93. The molecule has 1 aliphatic rings. The number of carbonyl (C=O) groups is 2. The Morgan fingerprint density at radius 1 is 1.06 bits per heavy atom. The first-order chi connectivity index (χ1) is 15.0. The normalized spacial score (nSPS) is 20.0. The van der Waals surface area contributed by atoms with Gasteiger partial charge in [-0.15, -0.1) is 0 Å². The number of hydrogen-bond acceptors (Lipinski definition) is 4. The van der Waals surface area contributed by atoms with Crippen molar-refractivity contribution in [1.29, 1.82) is 0 Å². The highest BCUT2D eigenvalue weighted by Gasteiger charge is 2.46. The number of carbonyl (C=O) groups excluding carboxylic acids is 2. The molecule has 1 fully saturated rings. The van der Waals surface area contributed by atoms with Crippen LogP contribution in [-0.4, -0.2) is 29.6 Å². The first-order valence-electron chi connectivity index (χ1n) is 10.3. The van der Waals surface area contributed by atoms with Crippen molar-refractivity contribution in [2.75, 3.05) is 6.54 Å². The summed E-state index contributed by atoms with van der Waals surface area (Å²) in [5, 5.41) is 9.78. The first kappa shape index (κ1) is 20.8. The van der Waals surface area contributed by atoms with E-state index in [0.29, 0.717) is 37.1 Å². The van der Waals surface area contributed by atoms with E-state index in [-0.39, 0.29) is 22.9 Å². The van der Waals surface area contributed by atoms with Crippen molar-refractivity contribution < 1.29 is 18.5 Å². The lowest BCUT2D eigenvalue weighted by Crippen LogP contribution is -2.57. The molecule has 0 atom stereocenters. The molecular weight excluding hydrogens is 397 g/mol. The van der Waals surface area contributed by atoms with Gasteiger partial charge in [0.25, 0.3) is 11.8 Å². The highest BCUT2D eigenvalue weighted by Crippen LogP contribution is 2.43. The van der Waals surface area contributed by atoms with E-state index in [4.69, 9.17) is 4.52 Å². The van der Waals surface area contributed by atoms with Crippen LogP contribution in [0.5, 0.6) is 0 Å². The highest BCUT2D eigenvalue weighted by atomic mass is 19.1. The van der Waals surface area contributed by atoms with E-state index in [1.807, 2.05) is 37.3 Å². The number of benzene rings is 2. The molecule has 0 saturated heterocycles. The number of aromatic nitrogens is 1. The van der Waals surface area contributed by atoms with E-state index in [1.54, 1.807) is 12.1 Å². The van der Waals surface area contributed by atoms with Crippen molar-refractivity contribution in [3.8, 4) is 0 Å². The van der Waals surface area contributed by atoms with Crippen molar-refractivity contribution in [3.05, 3.63) is 89.1 Å². The smallest absolute Gasteiger partial charge is 0.256 e. The molecule has 4 rings (SSSR count). The summed E-state index contributed by atoms with van der Waals surface area (Å²) in [5.74, 6) is -1.19. The van der Waals surface area contributed by atoms with Crippen LogP contribution in [0, 0.1) is 5.82 Å². The standard InChI is InChI=1S/C24H24FN3O3/c1-2-21-19(14-31-28-21)22(29)26-15-24(16-8-4-3-5-9-16)12-17(13-24)27-23(30)18-10-6-7-11-20(18)25/h3-11,14,17H,2,12-13,15H2,1H3,(H,26,29)(H,27,30). The molecule has 1 saturated carbocycles. The minimum atomic E-state index is -0.540. The summed E-state index contributed by atoms with van der Waals surface area (Å²) >= 11 is 0. The van der Waals surface area contributed by atoms with Crippen LogP contribution in [0.1, 0.15) is 51.7 Å². The zero-order valence-corrected chi connectivity index (χ0v) is 17.2. The summed E-state index contributed by atoms with van der Waals surface area (Å²) in [4.78, 5) is 25.1. The number of rotatable bonds is 7. The molecule has 6 nitrogen and oxygen atoms in total. The second-order valence-electron chi connectivity index (χ2n) is 7.92. The molecule has 1 heterocycles. The second-order valence-corrected chi connectivity index (χ2v) is 7.92. The van der Waals surface area contributed by atoms with Gasteiger partial charge in [-0.1, -0.05) is 54.5 Å². The van der Waals surface area contributed by atoms with E-state index in [2.05, 4.69) is 15.8 Å². The van der Waals surface area contributed by atoms with Crippen molar-refractivity contribution >= 4 is 11.8 Å². The van der Waals surface area contributed by atoms with Crippen molar-refractivity contribution in [2.24, 2.45) is 0 Å². The molecule has 7 heteroatoms. The first-order valence-corrected chi connectivity index (χ1v) is 10.3. The zero-order valence-electron chi connectivity index (χ0n) is 17.2. The van der Waals surface area contributed by atoms with E-state index < -0.39 is 11.7 Å². The lowest BCUT2D eigenvalue weighted by Gasteiger charge is -2.48. The average Bonchev–Trinajstić information content (AvgIpc) is 3.25. The van der Waals surface area contributed by atoms with Gasteiger partial charge in [-0.25, -0.2) is 4.39 Å². The molecule has 0 spiro atoms. The van der Waals surface area contributed by atoms with E-state index in [9.17, 15) is 14.0 Å². The largest absolute Gasteiger partial charge is 0.364 e. The molecule has 2 amide bonds. The Hall–Kier alpha value is -3.48. The maximum atomic E-state index is 13.9. The average molecular weight is 421 g/mol. The SMILES string of the molecule is CCc1nocc1C(=O)NCC1(c2ccccc2)CC(NC(=O)c2ccccc2F)C1. The topological polar surface area (TPSA) is 84.2 Å². The van der Waals surface area contributed by atoms with Gasteiger partial charge in [0.05, 0.1) is 11.3 Å². The third kappa shape index (κ3) is 4.21. The Labute approximate surface area is 179 Å². The monoisotopic (exact) mass is 421 g/mol. The fourth-order valence-corrected chi connectivity index (χ4v) is 4.21. The Morgan fingerprint density at radius 3 is 2.48 bits per heavy atom. The number of amides is 2. The minimum Gasteiger partial charge on any atom is -0.364 e. The summed E-state index contributed by atoms with van der Waals surface area (Å²) in [7, 11) is 0. The molecule has 0 radical (unpaired) electrons. The molecule has 1 aromatic heterocycles. The summed E-state index contributed by atoms with van der Waals surface area (Å²) in [6, 6.07) is 15.7. The molecule has 0 aliphatic heterocycles. The van der Waals surface area contributed by atoms with Crippen LogP contribution in [-0.2, 0) is 11.8 Å². The Morgan fingerprint density at radius 2 is 1.77 bits per heavy atom. The molecule has 2 N–H and O–H groups in total. The minimum absolute atomic E-state index is 0.0348. The van der Waals surface area contributed by atoms with Gasteiger partial charge in [0.15, 0.2) is 0 Å². The van der Waals surface area contributed by atoms with Crippen molar-refractivity contribution in [3.63, 3.8) is 0 Å². The fraction of sp³-hybridized carbons (Fsp3) is 0.292. The quantitative estimate of drug-likeness (QED) is 0.610. The maximum absolute atomic E-state index is 13.9. The third-order valence-corrected chi connectivity index (χ3v) is 5.93. The van der Waals surface area contributed by atoms with Crippen LogP contribution in [0.15, 0.2) is 65.4 Å². The van der Waals surface area contributed by atoms with Gasteiger partial charge in [-0.05, 0) is 37.0 Å². The molecule has 31 heavy (non-hydrogen) atoms. The highest BCUT2D eigenvalue weighted by molar-refractivity contribution is 5.95. The molecule has 2 aromatic carbocycles. The zero-order chi connectivity index (χ0) is 21.8. The van der Waals surface area contributed by atoms with Crippen LogP contribution in [0.25, 0.3) is 0 Å². The molecular formula is C24H24FN3O3. The van der Waals surface area contributed by atoms with E-state index in [0.717, 1.165) is 5.56 Å². The Bertz CT molecular complexity index is 1070. The van der Waals surface area contributed by atoms with Crippen LogP contribution < -0.4 is 10.6 Å². The van der Waals surface area contributed by atoms with Crippen molar-refractivity contribution in [2.45, 2.75) is 37.6 Å². The summed E-state index contributed by atoms with van der Waals surface area (Å²) in [5.41, 5.74) is 1.87. The molecule has 1 aliphatic carbocycles. The molecule has 160 valence electrons. The van der Waals surface area contributed by atoms with Crippen molar-refractivity contribution in [1.82, 2.24) is 15.8 Å². The van der Waals surface area contributed by atoms with E-state index in [1.165, 1.54) is 18.4 Å². The number of nitrogens with one attached hydrogen (secondary N) is 2. The predicted molar refractivity (Wildman–Crippen MR) is 113 cm³/mol.